The summed E-state index contributed by atoms with van der Waals surface area (Å²) < 4.78 is 40.9. The van der Waals surface area contributed by atoms with Gasteiger partial charge >= 0.3 is 6.18 Å². The van der Waals surface area contributed by atoms with Crippen LogP contribution in [0, 0.1) is 11.8 Å². The molecule has 0 saturated heterocycles. The zero-order valence-electron chi connectivity index (χ0n) is 15.5. The van der Waals surface area contributed by atoms with Crippen LogP contribution in [0.5, 0.6) is 0 Å². The van der Waals surface area contributed by atoms with E-state index in [1.807, 2.05) is 20.8 Å². The molecule has 0 spiro atoms. The number of pyridine rings is 1. The maximum atomic E-state index is 13.1. The average molecular weight is 367 g/mol. The molecule has 26 heavy (non-hydrogen) atoms. The van der Waals surface area contributed by atoms with Gasteiger partial charge in [0, 0.05) is 24.7 Å². The number of aromatic nitrogens is 2. The Bertz CT molecular complexity index is 821. The van der Waals surface area contributed by atoms with Crippen molar-refractivity contribution in [2.45, 2.75) is 52.1 Å². The Hall–Kier alpha value is -2.05. The number of halogens is 3. The minimum absolute atomic E-state index is 0.0694. The van der Waals surface area contributed by atoms with Crippen LogP contribution in [-0.4, -0.2) is 22.6 Å². The van der Waals surface area contributed by atoms with Crippen LogP contribution in [0.25, 0.3) is 5.52 Å². The van der Waals surface area contributed by atoms with E-state index in [0.717, 1.165) is 37.0 Å². The summed E-state index contributed by atoms with van der Waals surface area (Å²) in [6.45, 7) is 5.81. The maximum Gasteiger partial charge on any atom is 0.416 e. The van der Waals surface area contributed by atoms with Crippen LogP contribution in [0.4, 0.5) is 19.0 Å². The van der Waals surface area contributed by atoms with Gasteiger partial charge in [0.25, 0.3) is 0 Å². The lowest BCUT2D eigenvalue weighted by Gasteiger charge is -2.29. The van der Waals surface area contributed by atoms with Crippen molar-refractivity contribution in [3.63, 3.8) is 0 Å². The highest BCUT2D eigenvalue weighted by atomic mass is 19.4. The van der Waals surface area contributed by atoms with E-state index < -0.39 is 11.7 Å². The van der Waals surface area contributed by atoms with Gasteiger partial charge in [0.05, 0.1) is 11.1 Å². The van der Waals surface area contributed by atoms with E-state index in [0.29, 0.717) is 11.3 Å². The Morgan fingerprint density at radius 2 is 1.96 bits per heavy atom. The summed E-state index contributed by atoms with van der Waals surface area (Å²) in [4.78, 5) is 14.3. The minimum atomic E-state index is -4.41. The minimum Gasteiger partial charge on any atom is -0.298 e. The molecule has 0 aliphatic heterocycles. The van der Waals surface area contributed by atoms with Gasteiger partial charge in [-0.25, -0.2) is 4.52 Å². The van der Waals surface area contributed by atoms with Crippen molar-refractivity contribution >= 4 is 17.2 Å². The molecule has 0 bridgehead atoms. The molecule has 2 heterocycles. The third kappa shape index (κ3) is 3.19. The zero-order valence-corrected chi connectivity index (χ0v) is 15.5. The van der Waals surface area contributed by atoms with Crippen molar-refractivity contribution in [1.82, 2.24) is 9.61 Å². The van der Waals surface area contributed by atoms with Crippen molar-refractivity contribution < 1.29 is 18.0 Å². The topological polar surface area (TPSA) is 37.6 Å². The van der Waals surface area contributed by atoms with Gasteiger partial charge in [-0.1, -0.05) is 27.2 Å². The number of rotatable bonds is 4. The smallest absolute Gasteiger partial charge is 0.298 e. The normalized spacial score (nSPS) is 16.8. The van der Waals surface area contributed by atoms with Crippen molar-refractivity contribution in [2.75, 3.05) is 11.9 Å². The molecule has 1 amide bonds. The number of carbonyl (C=O) groups excluding carboxylic acids is 1. The molecule has 1 saturated carbocycles. The summed E-state index contributed by atoms with van der Waals surface area (Å²) in [5.74, 6) is 0.540. The first-order valence-electron chi connectivity index (χ1n) is 8.98. The van der Waals surface area contributed by atoms with Crippen LogP contribution in [0.2, 0.25) is 0 Å². The quantitative estimate of drug-likeness (QED) is 0.773. The molecule has 1 aliphatic carbocycles. The van der Waals surface area contributed by atoms with Crippen LogP contribution >= 0.6 is 0 Å². The summed E-state index contributed by atoms with van der Waals surface area (Å²) in [5.41, 5.74) is 0.507. The Balaban J connectivity index is 2.11. The SMILES string of the molecule is CC(C)[C@H](C)C(=O)N(C)c1nn2ccc(C(F)(F)F)cc2c1C1CCC1. The summed E-state index contributed by atoms with van der Waals surface area (Å²) >= 11 is 0. The van der Waals surface area contributed by atoms with E-state index in [4.69, 9.17) is 0 Å². The van der Waals surface area contributed by atoms with Gasteiger partial charge in [0.1, 0.15) is 0 Å². The van der Waals surface area contributed by atoms with Crippen molar-refractivity contribution in [3.05, 3.63) is 29.5 Å². The summed E-state index contributed by atoms with van der Waals surface area (Å²) in [7, 11) is 1.66. The van der Waals surface area contributed by atoms with Crippen LogP contribution < -0.4 is 4.90 Å². The predicted octanol–water partition coefficient (Wildman–Crippen LogP) is 4.88. The number of anilines is 1. The second-order valence-corrected chi connectivity index (χ2v) is 7.54. The Morgan fingerprint density at radius 1 is 1.31 bits per heavy atom. The molecule has 142 valence electrons. The molecule has 0 aromatic carbocycles. The second-order valence-electron chi connectivity index (χ2n) is 7.54. The molecule has 3 rings (SSSR count). The second kappa shape index (κ2) is 6.59. The third-order valence-electron chi connectivity index (χ3n) is 5.53. The largest absolute Gasteiger partial charge is 0.416 e. The summed E-state index contributed by atoms with van der Waals surface area (Å²) in [6, 6.07) is 2.17. The molecule has 0 N–H and O–H groups in total. The fraction of sp³-hybridized carbons (Fsp3) is 0.579. The van der Waals surface area contributed by atoms with Gasteiger partial charge in [-0.2, -0.15) is 13.2 Å². The molecule has 2 aromatic heterocycles. The number of nitrogens with zero attached hydrogens (tertiary/aromatic N) is 3. The first-order chi connectivity index (χ1) is 12.1. The van der Waals surface area contributed by atoms with Crippen LogP contribution in [0.15, 0.2) is 18.3 Å². The van der Waals surface area contributed by atoms with Crippen molar-refractivity contribution in [3.8, 4) is 0 Å². The number of alkyl halides is 3. The van der Waals surface area contributed by atoms with E-state index in [2.05, 4.69) is 5.10 Å². The monoisotopic (exact) mass is 367 g/mol. The lowest BCUT2D eigenvalue weighted by Crippen LogP contribution is -2.35. The van der Waals surface area contributed by atoms with Crippen molar-refractivity contribution in [1.29, 1.82) is 0 Å². The standard InChI is InChI=1S/C19H24F3N3O/c1-11(2)12(3)18(26)24(4)17-16(13-6-5-7-13)15-10-14(19(20,21)22)8-9-25(15)23-17/h8-13H,5-7H2,1-4H3/t12-/m0/s1. The fourth-order valence-electron chi connectivity index (χ4n) is 3.26. The van der Waals surface area contributed by atoms with Crippen LogP contribution in [0.1, 0.15) is 57.1 Å². The first kappa shape index (κ1) is 18.7. The highest BCUT2D eigenvalue weighted by Gasteiger charge is 2.35. The molecule has 0 radical (unpaired) electrons. The Labute approximate surface area is 151 Å². The fourth-order valence-corrected chi connectivity index (χ4v) is 3.26. The van der Waals surface area contributed by atoms with E-state index in [1.165, 1.54) is 15.6 Å². The third-order valence-corrected chi connectivity index (χ3v) is 5.53. The summed E-state index contributed by atoms with van der Waals surface area (Å²) in [5, 5.41) is 4.46. The highest BCUT2D eigenvalue weighted by molar-refractivity contribution is 5.95. The zero-order chi connectivity index (χ0) is 19.2. The molecule has 0 unspecified atom stereocenters. The molecule has 1 fully saturated rings. The lowest BCUT2D eigenvalue weighted by atomic mass is 9.79. The highest BCUT2D eigenvalue weighted by Crippen LogP contribution is 2.44. The predicted molar refractivity (Wildman–Crippen MR) is 94.2 cm³/mol. The van der Waals surface area contributed by atoms with Gasteiger partial charge < -0.3 is 0 Å². The maximum absolute atomic E-state index is 13.1. The molecule has 7 heteroatoms. The van der Waals surface area contributed by atoms with E-state index in [-0.39, 0.29) is 23.7 Å². The Kier molecular flexibility index (Phi) is 4.75. The number of hydrogen-bond donors (Lipinski definition) is 0. The molecule has 1 atom stereocenters. The molecule has 1 aliphatic rings. The van der Waals surface area contributed by atoms with E-state index in [9.17, 15) is 18.0 Å². The van der Waals surface area contributed by atoms with E-state index >= 15 is 0 Å². The van der Waals surface area contributed by atoms with Gasteiger partial charge in [-0.15, -0.1) is 5.10 Å². The lowest BCUT2D eigenvalue weighted by molar-refractivity contribution is -0.137. The summed E-state index contributed by atoms with van der Waals surface area (Å²) in [6.07, 6.45) is -0.218. The van der Waals surface area contributed by atoms with Gasteiger partial charge in [0.2, 0.25) is 5.91 Å². The van der Waals surface area contributed by atoms with Crippen molar-refractivity contribution in [2.24, 2.45) is 11.8 Å². The number of carbonyl (C=O) groups is 1. The molecule has 4 nitrogen and oxygen atoms in total. The first-order valence-corrected chi connectivity index (χ1v) is 8.98. The molecular weight excluding hydrogens is 343 g/mol. The Morgan fingerprint density at radius 3 is 2.46 bits per heavy atom. The molecular formula is C19H24F3N3O. The van der Waals surface area contributed by atoms with E-state index in [1.54, 1.807) is 7.05 Å². The van der Waals surface area contributed by atoms with Gasteiger partial charge in [-0.05, 0) is 36.8 Å². The molecule has 2 aromatic rings. The number of hydrogen-bond acceptors (Lipinski definition) is 2. The average Bonchev–Trinajstić information content (AvgIpc) is 2.88. The van der Waals surface area contributed by atoms with Gasteiger partial charge in [0.15, 0.2) is 5.82 Å². The van der Waals surface area contributed by atoms with Crippen LogP contribution in [0.3, 0.4) is 0 Å². The van der Waals surface area contributed by atoms with Gasteiger partial charge in [-0.3, -0.25) is 9.69 Å². The van der Waals surface area contributed by atoms with Crippen LogP contribution in [-0.2, 0) is 11.0 Å². The number of amides is 1. The number of fused-ring (bicyclic) bond motifs is 1.